The first-order valence-corrected chi connectivity index (χ1v) is 13.1. The molecule has 0 radical (unpaired) electrons. The van der Waals surface area contributed by atoms with Crippen LogP contribution in [0, 0.1) is 26.6 Å². The van der Waals surface area contributed by atoms with E-state index in [4.69, 9.17) is 9.47 Å². The van der Waals surface area contributed by atoms with E-state index in [1.54, 1.807) is 0 Å². The van der Waals surface area contributed by atoms with Crippen molar-refractivity contribution < 1.29 is 19.1 Å². The lowest BCUT2D eigenvalue weighted by Crippen LogP contribution is -2.47. The van der Waals surface area contributed by atoms with Gasteiger partial charge in [0.05, 0.1) is 22.5 Å². The molecule has 7 heteroatoms. The lowest BCUT2D eigenvalue weighted by molar-refractivity contribution is -0.137. The lowest BCUT2D eigenvalue weighted by atomic mass is 9.67. The second-order valence-electron chi connectivity index (χ2n) is 9.25. The number of hydrogen-bond acceptors (Lipinski definition) is 5. The summed E-state index contributed by atoms with van der Waals surface area (Å²) in [5, 5.41) is 0. The van der Waals surface area contributed by atoms with Crippen LogP contribution in [0.4, 0.5) is 0 Å². The molecule has 3 atom stereocenters. The fourth-order valence-corrected chi connectivity index (χ4v) is 7.54. The average Bonchev–Trinajstić information content (AvgIpc) is 3.43. The fraction of sp³-hybridized carbons (Fsp3) is 0.739. The maximum absolute atomic E-state index is 13.1. The van der Waals surface area contributed by atoms with Crippen LogP contribution in [0.3, 0.4) is 0 Å². The van der Waals surface area contributed by atoms with E-state index in [9.17, 15) is 9.59 Å². The van der Waals surface area contributed by atoms with Crippen LogP contribution in [0.15, 0.2) is 6.07 Å². The van der Waals surface area contributed by atoms with Gasteiger partial charge in [-0.2, -0.15) is 0 Å². The molecule has 1 saturated carbocycles. The maximum atomic E-state index is 13.1. The minimum absolute atomic E-state index is 0.000387. The zero-order chi connectivity index (χ0) is 21.3. The first-order chi connectivity index (χ1) is 14.5. The number of likely N-dealkylation sites (tertiary alicyclic amines) is 1. The van der Waals surface area contributed by atoms with E-state index in [-0.39, 0.29) is 23.7 Å². The van der Waals surface area contributed by atoms with Gasteiger partial charge < -0.3 is 14.4 Å². The van der Waals surface area contributed by atoms with E-state index in [2.05, 4.69) is 40.5 Å². The Morgan fingerprint density at radius 3 is 2.63 bits per heavy atom. The van der Waals surface area contributed by atoms with Gasteiger partial charge >= 0.3 is 5.97 Å². The Balaban J connectivity index is 1.61. The SMILES string of the molecule is COC(=O)c1sc(I)cc1C1CN(C(=O)C2CCOC2)CCC1C1CCC(C)CC1. The summed E-state index contributed by atoms with van der Waals surface area (Å²) >= 11 is 3.81. The largest absolute Gasteiger partial charge is 0.465 e. The molecule has 3 aliphatic rings. The lowest BCUT2D eigenvalue weighted by Gasteiger charge is -2.44. The van der Waals surface area contributed by atoms with E-state index in [1.807, 2.05) is 0 Å². The Morgan fingerprint density at radius 2 is 1.97 bits per heavy atom. The molecule has 30 heavy (non-hydrogen) atoms. The van der Waals surface area contributed by atoms with Crippen LogP contribution >= 0.6 is 33.9 Å². The Labute approximate surface area is 197 Å². The molecule has 4 rings (SSSR count). The van der Waals surface area contributed by atoms with Crippen molar-refractivity contribution in [2.45, 2.75) is 51.4 Å². The number of esters is 1. The topological polar surface area (TPSA) is 55.8 Å². The molecule has 0 N–H and O–H groups in total. The highest BCUT2D eigenvalue weighted by molar-refractivity contribution is 14.1. The molecule has 0 bridgehead atoms. The van der Waals surface area contributed by atoms with Gasteiger partial charge in [-0.05, 0) is 77.7 Å². The summed E-state index contributed by atoms with van der Waals surface area (Å²) in [5.74, 6) is 2.21. The van der Waals surface area contributed by atoms with Gasteiger partial charge in [0.25, 0.3) is 0 Å². The van der Waals surface area contributed by atoms with Crippen molar-refractivity contribution in [1.82, 2.24) is 4.90 Å². The molecular formula is C23H32INO4S. The number of thiophene rings is 1. The van der Waals surface area contributed by atoms with Crippen LogP contribution in [0.25, 0.3) is 0 Å². The summed E-state index contributed by atoms with van der Waals surface area (Å²) in [4.78, 5) is 28.4. The Hall–Kier alpha value is -0.670. The third kappa shape index (κ3) is 4.72. The zero-order valence-electron chi connectivity index (χ0n) is 17.9. The minimum Gasteiger partial charge on any atom is -0.465 e. The van der Waals surface area contributed by atoms with Crippen LogP contribution in [0.2, 0.25) is 0 Å². The molecule has 2 aliphatic heterocycles. The molecule has 166 valence electrons. The number of carbonyl (C=O) groups is 2. The van der Waals surface area contributed by atoms with Crippen molar-refractivity contribution >= 4 is 45.8 Å². The summed E-state index contributed by atoms with van der Waals surface area (Å²) in [6, 6.07) is 2.16. The summed E-state index contributed by atoms with van der Waals surface area (Å²) in [5.41, 5.74) is 1.10. The van der Waals surface area contributed by atoms with Crippen LogP contribution in [-0.4, -0.2) is 50.2 Å². The Morgan fingerprint density at radius 1 is 1.20 bits per heavy atom. The average molecular weight is 545 g/mol. The molecule has 1 amide bonds. The van der Waals surface area contributed by atoms with Gasteiger partial charge in [-0.3, -0.25) is 4.79 Å². The van der Waals surface area contributed by atoms with Crippen molar-refractivity contribution in [3.8, 4) is 0 Å². The standard InChI is InChI=1S/C23H32INO4S/c1-14-3-5-15(6-4-14)17-7-9-25(22(26)16-8-10-29-13-16)12-19(17)18-11-20(24)30-21(18)23(27)28-2/h11,14-17,19H,3-10,12-13H2,1-2H3. The Kier molecular flexibility index (Phi) is 7.40. The van der Waals surface area contributed by atoms with E-state index < -0.39 is 0 Å². The van der Waals surface area contributed by atoms with E-state index in [0.29, 0.717) is 31.6 Å². The monoisotopic (exact) mass is 545 g/mol. The highest BCUT2D eigenvalue weighted by atomic mass is 127. The fourth-order valence-electron chi connectivity index (χ4n) is 5.67. The smallest absolute Gasteiger partial charge is 0.348 e. The van der Waals surface area contributed by atoms with E-state index >= 15 is 0 Å². The molecule has 2 saturated heterocycles. The molecule has 3 fully saturated rings. The van der Waals surface area contributed by atoms with Crippen LogP contribution in [0.5, 0.6) is 0 Å². The molecule has 3 unspecified atom stereocenters. The molecule has 5 nitrogen and oxygen atoms in total. The van der Waals surface area contributed by atoms with Gasteiger partial charge in [-0.15, -0.1) is 11.3 Å². The van der Waals surface area contributed by atoms with Crippen molar-refractivity contribution in [3.63, 3.8) is 0 Å². The number of methoxy groups -OCH3 is 1. The summed E-state index contributed by atoms with van der Waals surface area (Å²) in [6.07, 6.45) is 6.97. The van der Waals surface area contributed by atoms with Gasteiger partial charge in [0.2, 0.25) is 5.91 Å². The highest BCUT2D eigenvalue weighted by Gasteiger charge is 2.41. The molecule has 0 aromatic carbocycles. The predicted molar refractivity (Wildman–Crippen MR) is 126 cm³/mol. The number of halogens is 1. The molecule has 0 spiro atoms. The number of hydrogen-bond donors (Lipinski definition) is 0. The van der Waals surface area contributed by atoms with Gasteiger partial charge in [-0.1, -0.05) is 19.8 Å². The second-order valence-corrected chi connectivity index (χ2v) is 12.2. The summed E-state index contributed by atoms with van der Waals surface area (Å²) in [6.45, 7) is 5.13. The molecule has 1 aliphatic carbocycles. The normalized spacial score (nSPS) is 32.2. The third-order valence-electron chi connectivity index (χ3n) is 7.42. The number of carbonyl (C=O) groups excluding carboxylic acids is 2. The van der Waals surface area contributed by atoms with E-state index in [1.165, 1.54) is 44.1 Å². The van der Waals surface area contributed by atoms with Gasteiger partial charge in [-0.25, -0.2) is 4.79 Å². The second kappa shape index (κ2) is 9.86. The van der Waals surface area contributed by atoms with Crippen molar-refractivity contribution in [2.75, 3.05) is 33.4 Å². The van der Waals surface area contributed by atoms with Gasteiger partial charge in [0.1, 0.15) is 4.88 Å². The Bertz CT molecular complexity index is 767. The number of piperidine rings is 1. The van der Waals surface area contributed by atoms with Gasteiger partial charge in [0, 0.05) is 25.6 Å². The number of amides is 1. The highest BCUT2D eigenvalue weighted by Crippen LogP contribution is 2.46. The van der Waals surface area contributed by atoms with Crippen LogP contribution in [-0.2, 0) is 14.3 Å². The van der Waals surface area contributed by atoms with Crippen LogP contribution < -0.4 is 0 Å². The molecule has 1 aromatic heterocycles. The number of rotatable bonds is 4. The zero-order valence-corrected chi connectivity index (χ0v) is 20.9. The minimum atomic E-state index is -0.249. The summed E-state index contributed by atoms with van der Waals surface area (Å²) in [7, 11) is 1.45. The van der Waals surface area contributed by atoms with Gasteiger partial charge in [0.15, 0.2) is 0 Å². The molecule has 3 heterocycles. The van der Waals surface area contributed by atoms with Crippen molar-refractivity contribution in [2.24, 2.45) is 23.7 Å². The van der Waals surface area contributed by atoms with Crippen LogP contribution in [0.1, 0.15) is 66.6 Å². The quantitative estimate of drug-likeness (QED) is 0.398. The van der Waals surface area contributed by atoms with Crippen molar-refractivity contribution in [3.05, 3.63) is 19.4 Å². The number of ether oxygens (including phenoxy) is 2. The first-order valence-electron chi connectivity index (χ1n) is 11.2. The third-order valence-corrected chi connectivity index (χ3v) is 9.32. The van der Waals surface area contributed by atoms with E-state index in [0.717, 1.165) is 38.6 Å². The molecular weight excluding hydrogens is 513 g/mol. The van der Waals surface area contributed by atoms with Crippen molar-refractivity contribution in [1.29, 1.82) is 0 Å². The predicted octanol–water partition coefficient (Wildman–Crippen LogP) is 4.93. The number of nitrogens with zero attached hydrogens (tertiary/aromatic N) is 1. The molecule has 1 aromatic rings. The summed E-state index contributed by atoms with van der Waals surface area (Å²) < 4.78 is 11.7. The first kappa shape index (κ1) is 22.5. The maximum Gasteiger partial charge on any atom is 0.348 e.